The molecule has 0 aromatic heterocycles. The fourth-order valence-electron chi connectivity index (χ4n) is 1.67. The van der Waals surface area contributed by atoms with E-state index in [1.165, 1.54) is 19.1 Å². The minimum absolute atomic E-state index is 0.0669. The lowest BCUT2D eigenvalue weighted by Crippen LogP contribution is -2.47. The van der Waals surface area contributed by atoms with E-state index in [1.807, 2.05) is 0 Å². The summed E-state index contributed by atoms with van der Waals surface area (Å²) in [4.78, 5) is 21.2. The number of carboxylic acids is 1. The number of aliphatic carboxylic acids is 1. The highest BCUT2D eigenvalue weighted by Crippen LogP contribution is 2.34. The first-order chi connectivity index (χ1) is 9.15. The van der Waals surface area contributed by atoms with E-state index in [2.05, 4.69) is 15.9 Å². The van der Waals surface area contributed by atoms with Gasteiger partial charge in [-0.2, -0.15) is 0 Å². The largest absolute Gasteiger partial charge is 0.489 e. The Morgan fingerprint density at radius 3 is 2.75 bits per heavy atom. The van der Waals surface area contributed by atoms with Crippen LogP contribution in [0, 0.1) is 10.1 Å². The van der Waals surface area contributed by atoms with Gasteiger partial charge in [0, 0.05) is 12.5 Å². The van der Waals surface area contributed by atoms with Crippen LogP contribution in [0.25, 0.3) is 0 Å². The smallest absolute Gasteiger partial charge is 0.323 e. The van der Waals surface area contributed by atoms with Crippen molar-refractivity contribution in [1.29, 1.82) is 0 Å². The molecule has 0 fully saturated rings. The molecule has 0 spiro atoms. The van der Waals surface area contributed by atoms with Crippen LogP contribution in [0.2, 0.25) is 0 Å². The number of nitro benzene ring substituents is 1. The topological polar surface area (TPSA) is 116 Å². The molecule has 20 heavy (non-hydrogen) atoms. The summed E-state index contributed by atoms with van der Waals surface area (Å²) < 4.78 is 5.74. The molecule has 0 amide bonds. The maximum atomic E-state index is 10.9. The van der Waals surface area contributed by atoms with Gasteiger partial charge < -0.3 is 15.6 Å². The van der Waals surface area contributed by atoms with Crippen LogP contribution in [0.4, 0.5) is 5.69 Å². The number of benzene rings is 1. The molecular weight excluding hydrogens is 332 g/mol. The van der Waals surface area contributed by atoms with E-state index in [-0.39, 0.29) is 22.3 Å². The van der Waals surface area contributed by atoms with Gasteiger partial charge in [-0.1, -0.05) is 6.07 Å². The molecule has 0 radical (unpaired) electrons. The highest BCUT2D eigenvalue weighted by molar-refractivity contribution is 9.10. The van der Waals surface area contributed by atoms with E-state index in [9.17, 15) is 14.9 Å². The number of ether oxygens (including phenoxy) is 1. The zero-order valence-corrected chi connectivity index (χ0v) is 12.6. The Morgan fingerprint density at radius 2 is 2.25 bits per heavy atom. The number of rotatable bonds is 6. The molecule has 0 saturated heterocycles. The number of halogens is 1. The highest BCUT2D eigenvalue weighted by Gasteiger charge is 2.31. The van der Waals surface area contributed by atoms with Gasteiger partial charge >= 0.3 is 5.97 Å². The summed E-state index contributed by atoms with van der Waals surface area (Å²) in [6.45, 7) is 3.04. The van der Waals surface area contributed by atoms with Crippen molar-refractivity contribution in [3.8, 4) is 5.75 Å². The van der Waals surface area contributed by atoms with Crippen LogP contribution in [0.5, 0.6) is 5.75 Å². The van der Waals surface area contributed by atoms with Crippen molar-refractivity contribution in [2.45, 2.75) is 31.9 Å². The molecule has 0 saturated carbocycles. The molecule has 0 aliphatic carbocycles. The average molecular weight is 347 g/mol. The molecule has 110 valence electrons. The highest BCUT2D eigenvalue weighted by atomic mass is 79.9. The van der Waals surface area contributed by atoms with Crippen LogP contribution in [-0.4, -0.2) is 27.6 Å². The summed E-state index contributed by atoms with van der Waals surface area (Å²) >= 11 is 3.10. The van der Waals surface area contributed by atoms with E-state index in [1.54, 1.807) is 13.0 Å². The maximum Gasteiger partial charge on any atom is 0.323 e. The molecule has 1 rings (SSSR count). The Morgan fingerprint density at radius 1 is 1.65 bits per heavy atom. The van der Waals surface area contributed by atoms with Crippen LogP contribution in [0.1, 0.15) is 20.3 Å². The van der Waals surface area contributed by atoms with Crippen LogP contribution in [0.15, 0.2) is 22.7 Å². The fourth-order valence-corrected chi connectivity index (χ4v) is 2.18. The number of nitro groups is 1. The lowest BCUT2D eigenvalue weighted by molar-refractivity contribution is -0.385. The summed E-state index contributed by atoms with van der Waals surface area (Å²) in [7, 11) is 0. The van der Waals surface area contributed by atoms with Crippen LogP contribution in [-0.2, 0) is 4.79 Å². The maximum absolute atomic E-state index is 10.9. The Bertz CT molecular complexity index is 533. The summed E-state index contributed by atoms with van der Waals surface area (Å²) in [6, 6.07) is 4.39. The third-order valence-corrected chi connectivity index (χ3v) is 3.46. The van der Waals surface area contributed by atoms with Crippen molar-refractivity contribution in [3.05, 3.63) is 32.8 Å². The number of carboxylic acid groups (broad SMARTS) is 1. The van der Waals surface area contributed by atoms with Gasteiger partial charge in [-0.3, -0.25) is 14.9 Å². The van der Waals surface area contributed by atoms with E-state index in [4.69, 9.17) is 15.6 Å². The first-order valence-corrected chi connectivity index (χ1v) is 6.56. The SMILES string of the molecule is CC(CC(C)(N)C(=O)O)Oc1cccc([N+](=O)[O-])c1Br. The molecule has 2 unspecified atom stereocenters. The third-order valence-electron chi connectivity index (χ3n) is 2.67. The van der Waals surface area contributed by atoms with Crippen molar-refractivity contribution in [1.82, 2.24) is 0 Å². The standard InChI is InChI=1S/C12H15BrN2O5/c1-7(6-12(2,14)11(16)17)20-9-5-3-4-8(10(9)13)15(18)19/h3-5,7H,6,14H2,1-2H3,(H,16,17). The first kappa shape index (κ1) is 16.4. The summed E-state index contributed by atoms with van der Waals surface area (Å²) in [6.07, 6.45) is -0.448. The van der Waals surface area contributed by atoms with Crippen molar-refractivity contribution < 1.29 is 19.6 Å². The van der Waals surface area contributed by atoms with Gasteiger partial charge in [-0.15, -0.1) is 0 Å². The van der Waals surface area contributed by atoms with Gasteiger partial charge in [0.1, 0.15) is 15.8 Å². The van der Waals surface area contributed by atoms with Crippen LogP contribution >= 0.6 is 15.9 Å². The number of nitrogens with two attached hydrogens (primary N) is 1. The monoisotopic (exact) mass is 346 g/mol. The van der Waals surface area contributed by atoms with Crippen LogP contribution in [0.3, 0.4) is 0 Å². The molecule has 0 bridgehead atoms. The molecule has 1 aromatic carbocycles. The van der Waals surface area contributed by atoms with Gasteiger partial charge in [0.15, 0.2) is 0 Å². The van der Waals surface area contributed by atoms with E-state index < -0.39 is 22.5 Å². The summed E-state index contributed by atoms with van der Waals surface area (Å²) in [5.74, 6) is -0.862. The second kappa shape index (κ2) is 6.19. The molecule has 0 aliphatic rings. The lowest BCUT2D eigenvalue weighted by Gasteiger charge is -2.24. The molecule has 2 atom stereocenters. The van der Waals surface area contributed by atoms with Crippen molar-refractivity contribution in [3.63, 3.8) is 0 Å². The Balaban J connectivity index is 2.87. The molecule has 3 N–H and O–H groups in total. The molecule has 0 aliphatic heterocycles. The third kappa shape index (κ3) is 3.91. The molecular formula is C12H15BrN2O5. The van der Waals surface area contributed by atoms with Crippen molar-refractivity contribution >= 4 is 27.6 Å². The van der Waals surface area contributed by atoms with Crippen molar-refractivity contribution in [2.24, 2.45) is 5.73 Å². The predicted octanol–water partition coefficient (Wildman–Crippen LogP) is 2.32. The second-order valence-corrected chi connectivity index (χ2v) is 5.49. The number of carbonyl (C=O) groups is 1. The minimum Gasteiger partial charge on any atom is -0.489 e. The van der Waals surface area contributed by atoms with Crippen LogP contribution < -0.4 is 10.5 Å². The molecule has 1 aromatic rings. The molecule has 0 heterocycles. The van der Waals surface area contributed by atoms with Gasteiger partial charge in [0.2, 0.25) is 0 Å². The summed E-state index contributed by atoms with van der Waals surface area (Å²) in [5, 5.41) is 19.7. The average Bonchev–Trinajstić information content (AvgIpc) is 2.30. The molecule has 7 nitrogen and oxygen atoms in total. The predicted molar refractivity (Wildman–Crippen MR) is 75.7 cm³/mol. The Labute approximate surface area is 124 Å². The van der Waals surface area contributed by atoms with E-state index in [0.717, 1.165) is 0 Å². The summed E-state index contributed by atoms with van der Waals surface area (Å²) in [5.41, 5.74) is 4.08. The van der Waals surface area contributed by atoms with Gasteiger partial charge in [0.05, 0.1) is 11.0 Å². The van der Waals surface area contributed by atoms with Gasteiger partial charge in [-0.05, 0) is 35.8 Å². The Kier molecular flexibility index (Phi) is 5.07. The normalized spacial score (nSPS) is 15.2. The van der Waals surface area contributed by atoms with Crippen molar-refractivity contribution in [2.75, 3.05) is 0 Å². The zero-order valence-electron chi connectivity index (χ0n) is 11.0. The van der Waals surface area contributed by atoms with E-state index in [0.29, 0.717) is 0 Å². The second-order valence-electron chi connectivity index (χ2n) is 4.70. The Hall–Kier alpha value is -1.67. The number of nitrogens with zero attached hydrogens (tertiary/aromatic N) is 1. The quantitative estimate of drug-likeness (QED) is 0.603. The fraction of sp³-hybridized carbons (Fsp3) is 0.417. The minimum atomic E-state index is -1.42. The first-order valence-electron chi connectivity index (χ1n) is 5.77. The van der Waals surface area contributed by atoms with E-state index >= 15 is 0 Å². The number of hydrogen-bond acceptors (Lipinski definition) is 5. The van der Waals surface area contributed by atoms with Gasteiger partial charge in [0.25, 0.3) is 5.69 Å². The molecule has 8 heteroatoms. The van der Waals surface area contributed by atoms with Gasteiger partial charge in [-0.25, -0.2) is 0 Å². The lowest BCUT2D eigenvalue weighted by atomic mass is 9.96. The number of hydrogen-bond donors (Lipinski definition) is 2. The zero-order chi connectivity index (χ0) is 15.5.